The fraction of sp³-hybridized carbons (Fsp3) is 0.500. The molecule has 0 spiro atoms. The Morgan fingerprint density at radius 3 is 2.65 bits per heavy atom. The van der Waals surface area contributed by atoms with Crippen LogP contribution >= 0.6 is 11.3 Å². The molecule has 0 aliphatic heterocycles. The summed E-state index contributed by atoms with van der Waals surface area (Å²) in [6.45, 7) is 3.85. The van der Waals surface area contributed by atoms with Crippen LogP contribution in [0.2, 0.25) is 0 Å². The van der Waals surface area contributed by atoms with Gasteiger partial charge < -0.3 is 10.4 Å². The summed E-state index contributed by atoms with van der Waals surface area (Å²) in [5.74, 6) is -1.21. The molecular weight excluding hydrogens is 238 g/mol. The molecule has 1 amide bonds. The van der Waals surface area contributed by atoms with E-state index in [1.807, 2.05) is 0 Å². The summed E-state index contributed by atoms with van der Waals surface area (Å²) < 4.78 is 0. The minimum Gasteiger partial charge on any atom is -0.480 e. The Labute approximate surface area is 105 Å². The minimum absolute atomic E-state index is 0.197. The average molecular weight is 255 g/mol. The highest BCUT2D eigenvalue weighted by atomic mass is 32.1. The Morgan fingerprint density at radius 2 is 2.12 bits per heavy atom. The minimum atomic E-state index is -1.01. The smallest absolute Gasteiger partial charge is 0.322 e. The maximum atomic E-state index is 11.3. The lowest BCUT2D eigenvalue weighted by molar-refractivity contribution is -0.137. The zero-order chi connectivity index (χ0) is 12.8. The van der Waals surface area contributed by atoms with E-state index in [1.165, 1.54) is 15.3 Å². The highest BCUT2D eigenvalue weighted by molar-refractivity contribution is 7.12. The molecule has 5 heteroatoms. The van der Waals surface area contributed by atoms with Crippen LogP contribution in [-0.4, -0.2) is 23.5 Å². The monoisotopic (exact) mass is 255 g/mol. The number of aryl methyl sites for hydroxylation is 3. The van der Waals surface area contributed by atoms with E-state index in [0.29, 0.717) is 6.42 Å². The number of hydrogen-bond donors (Lipinski definition) is 2. The SMILES string of the molecule is Cc1cc(CCCC(=O)NCC(=O)O)c(C)s1. The van der Waals surface area contributed by atoms with Crippen LogP contribution in [0.25, 0.3) is 0 Å². The molecule has 0 unspecified atom stereocenters. The van der Waals surface area contributed by atoms with Gasteiger partial charge in [0, 0.05) is 16.2 Å². The summed E-state index contributed by atoms with van der Waals surface area (Å²) in [6, 6.07) is 2.15. The zero-order valence-electron chi connectivity index (χ0n) is 10.1. The van der Waals surface area contributed by atoms with E-state index in [1.54, 1.807) is 11.3 Å². The summed E-state index contributed by atoms with van der Waals surface area (Å²) in [5, 5.41) is 10.7. The van der Waals surface area contributed by atoms with Crippen LogP contribution in [0.4, 0.5) is 0 Å². The molecular formula is C12H17NO3S. The van der Waals surface area contributed by atoms with Gasteiger partial charge in [0.25, 0.3) is 0 Å². The van der Waals surface area contributed by atoms with Crippen molar-refractivity contribution in [3.8, 4) is 0 Å². The predicted octanol–water partition coefficient (Wildman–Crippen LogP) is 1.89. The number of carboxylic acid groups (broad SMARTS) is 1. The van der Waals surface area contributed by atoms with Gasteiger partial charge in [0.1, 0.15) is 6.54 Å². The molecule has 0 aliphatic rings. The molecule has 0 radical (unpaired) electrons. The molecule has 94 valence electrons. The standard InChI is InChI=1S/C12H17NO3S/c1-8-6-10(9(2)17-8)4-3-5-11(14)13-7-12(15)16/h6H,3-5,7H2,1-2H3,(H,13,14)(H,15,16). The number of thiophene rings is 1. The number of hydrogen-bond acceptors (Lipinski definition) is 3. The first-order valence-corrected chi connectivity index (χ1v) is 6.35. The van der Waals surface area contributed by atoms with E-state index in [4.69, 9.17) is 5.11 Å². The maximum Gasteiger partial charge on any atom is 0.322 e. The van der Waals surface area contributed by atoms with Crippen molar-refractivity contribution >= 4 is 23.2 Å². The Balaban J connectivity index is 2.26. The van der Waals surface area contributed by atoms with Crippen molar-refractivity contribution in [3.05, 3.63) is 21.4 Å². The molecule has 0 atom stereocenters. The van der Waals surface area contributed by atoms with E-state index in [2.05, 4.69) is 25.2 Å². The second-order valence-corrected chi connectivity index (χ2v) is 5.42. The van der Waals surface area contributed by atoms with Gasteiger partial charge in [-0.05, 0) is 38.3 Å². The van der Waals surface area contributed by atoms with Gasteiger partial charge in [-0.15, -0.1) is 11.3 Å². The molecule has 0 saturated carbocycles. The van der Waals surface area contributed by atoms with Crippen molar-refractivity contribution in [1.82, 2.24) is 5.32 Å². The van der Waals surface area contributed by atoms with Gasteiger partial charge in [-0.3, -0.25) is 9.59 Å². The van der Waals surface area contributed by atoms with Crippen molar-refractivity contribution in [1.29, 1.82) is 0 Å². The Kier molecular flexibility index (Phi) is 5.15. The van der Waals surface area contributed by atoms with Gasteiger partial charge in [0.2, 0.25) is 5.91 Å². The van der Waals surface area contributed by atoms with Crippen molar-refractivity contribution < 1.29 is 14.7 Å². The lowest BCUT2D eigenvalue weighted by Gasteiger charge is -2.02. The largest absolute Gasteiger partial charge is 0.480 e. The Bertz CT molecular complexity index is 412. The number of rotatable bonds is 6. The first-order valence-electron chi connectivity index (χ1n) is 5.53. The number of aliphatic carboxylic acids is 1. The Morgan fingerprint density at radius 1 is 1.41 bits per heavy atom. The van der Waals surface area contributed by atoms with Crippen molar-refractivity contribution in [2.24, 2.45) is 0 Å². The molecule has 1 heterocycles. The quantitative estimate of drug-likeness (QED) is 0.815. The van der Waals surface area contributed by atoms with Gasteiger partial charge in [0.15, 0.2) is 0 Å². The molecule has 4 nitrogen and oxygen atoms in total. The van der Waals surface area contributed by atoms with Gasteiger partial charge in [-0.1, -0.05) is 0 Å². The summed E-state index contributed by atoms with van der Waals surface area (Å²) >= 11 is 1.76. The molecule has 0 aliphatic carbocycles. The van der Waals surface area contributed by atoms with Crippen LogP contribution < -0.4 is 5.32 Å². The van der Waals surface area contributed by atoms with Gasteiger partial charge >= 0.3 is 5.97 Å². The van der Waals surface area contributed by atoms with Crippen LogP contribution in [0.5, 0.6) is 0 Å². The lowest BCUT2D eigenvalue weighted by Crippen LogP contribution is -2.28. The zero-order valence-corrected chi connectivity index (χ0v) is 10.9. The molecule has 1 aromatic heterocycles. The van der Waals surface area contributed by atoms with Crippen LogP contribution in [0.15, 0.2) is 6.07 Å². The van der Waals surface area contributed by atoms with Crippen molar-refractivity contribution in [2.75, 3.05) is 6.54 Å². The van der Waals surface area contributed by atoms with E-state index in [9.17, 15) is 9.59 Å². The van der Waals surface area contributed by atoms with E-state index in [0.717, 1.165) is 12.8 Å². The molecule has 17 heavy (non-hydrogen) atoms. The van der Waals surface area contributed by atoms with Crippen LogP contribution in [-0.2, 0) is 16.0 Å². The van der Waals surface area contributed by atoms with Gasteiger partial charge in [-0.25, -0.2) is 0 Å². The third kappa shape index (κ3) is 4.99. The van der Waals surface area contributed by atoms with E-state index < -0.39 is 5.97 Å². The molecule has 0 fully saturated rings. The molecule has 0 aromatic carbocycles. The maximum absolute atomic E-state index is 11.3. The molecule has 0 saturated heterocycles. The highest BCUT2D eigenvalue weighted by Gasteiger charge is 2.06. The molecule has 1 aromatic rings. The topological polar surface area (TPSA) is 66.4 Å². The van der Waals surface area contributed by atoms with Crippen molar-refractivity contribution in [2.45, 2.75) is 33.1 Å². The second-order valence-electron chi connectivity index (χ2n) is 3.96. The number of nitrogens with one attached hydrogen (secondary N) is 1. The second kappa shape index (κ2) is 6.39. The number of amides is 1. The summed E-state index contributed by atoms with van der Waals surface area (Å²) in [4.78, 5) is 24.1. The normalized spacial score (nSPS) is 10.2. The predicted molar refractivity (Wildman–Crippen MR) is 67.4 cm³/mol. The van der Waals surface area contributed by atoms with Gasteiger partial charge in [-0.2, -0.15) is 0 Å². The van der Waals surface area contributed by atoms with Crippen LogP contribution in [0.3, 0.4) is 0 Å². The summed E-state index contributed by atoms with van der Waals surface area (Å²) in [6.07, 6.45) is 2.00. The average Bonchev–Trinajstić information content (AvgIpc) is 2.55. The fourth-order valence-electron chi connectivity index (χ4n) is 1.63. The van der Waals surface area contributed by atoms with Gasteiger partial charge in [0.05, 0.1) is 0 Å². The lowest BCUT2D eigenvalue weighted by atomic mass is 10.1. The number of carbonyl (C=O) groups excluding carboxylic acids is 1. The third-order valence-electron chi connectivity index (χ3n) is 2.43. The first-order chi connectivity index (χ1) is 7.99. The molecule has 2 N–H and O–H groups in total. The van der Waals surface area contributed by atoms with Crippen LogP contribution in [0, 0.1) is 13.8 Å². The van der Waals surface area contributed by atoms with E-state index in [-0.39, 0.29) is 12.5 Å². The fourth-order valence-corrected chi connectivity index (χ4v) is 2.61. The summed E-state index contributed by atoms with van der Waals surface area (Å²) in [5.41, 5.74) is 1.29. The first kappa shape index (κ1) is 13.7. The molecule has 0 bridgehead atoms. The number of carboxylic acids is 1. The van der Waals surface area contributed by atoms with E-state index >= 15 is 0 Å². The third-order valence-corrected chi connectivity index (χ3v) is 3.44. The highest BCUT2D eigenvalue weighted by Crippen LogP contribution is 2.21. The summed E-state index contributed by atoms with van der Waals surface area (Å²) in [7, 11) is 0. The Hall–Kier alpha value is -1.36. The molecule has 1 rings (SSSR count). The van der Waals surface area contributed by atoms with Crippen LogP contribution in [0.1, 0.15) is 28.2 Å². The van der Waals surface area contributed by atoms with Crippen molar-refractivity contribution in [3.63, 3.8) is 0 Å². The number of carbonyl (C=O) groups is 2.